The third-order valence-corrected chi connectivity index (χ3v) is 4.80. The quantitative estimate of drug-likeness (QED) is 0.875. The smallest absolute Gasteiger partial charge is 0.253 e. The predicted octanol–water partition coefficient (Wildman–Crippen LogP) is 3.32. The molecule has 142 valence electrons. The molecule has 4 nitrogen and oxygen atoms in total. The summed E-state index contributed by atoms with van der Waals surface area (Å²) in [6, 6.07) is 12.4. The second kappa shape index (κ2) is 8.75. The maximum Gasteiger partial charge on any atom is 0.253 e. The van der Waals surface area contributed by atoms with Gasteiger partial charge in [0.25, 0.3) is 5.91 Å². The number of rotatable bonds is 5. The highest BCUT2D eigenvalue weighted by molar-refractivity contribution is 5.94. The number of carbonyl (C=O) groups excluding carboxylic acids is 2. The van der Waals surface area contributed by atoms with E-state index in [0.717, 1.165) is 18.2 Å². The Labute approximate surface area is 157 Å². The SMILES string of the molecule is O=C(CCc1cc(F)ccc1F)NC1CCN(C(=O)c2ccccc2)CC1. The number of hydrogen-bond acceptors (Lipinski definition) is 2. The van der Waals surface area contributed by atoms with Crippen LogP contribution < -0.4 is 5.32 Å². The summed E-state index contributed by atoms with van der Waals surface area (Å²) in [7, 11) is 0. The molecular weight excluding hydrogens is 350 g/mol. The summed E-state index contributed by atoms with van der Waals surface area (Å²) in [4.78, 5) is 26.3. The van der Waals surface area contributed by atoms with Gasteiger partial charge in [-0.2, -0.15) is 0 Å². The molecule has 3 rings (SSSR count). The summed E-state index contributed by atoms with van der Waals surface area (Å²) in [5.74, 6) is -1.20. The van der Waals surface area contributed by atoms with Gasteiger partial charge in [-0.25, -0.2) is 8.78 Å². The molecule has 0 aliphatic carbocycles. The fraction of sp³-hybridized carbons (Fsp3) is 0.333. The van der Waals surface area contributed by atoms with Crippen molar-refractivity contribution in [1.82, 2.24) is 10.2 Å². The fourth-order valence-corrected chi connectivity index (χ4v) is 3.27. The first-order chi connectivity index (χ1) is 13.0. The molecular formula is C21H22F2N2O2. The molecule has 27 heavy (non-hydrogen) atoms. The van der Waals surface area contributed by atoms with Crippen molar-refractivity contribution in [2.75, 3.05) is 13.1 Å². The van der Waals surface area contributed by atoms with Crippen molar-refractivity contribution in [2.45, 2.75) is 31.7 Å². The van der Waals surface area contributed by atoms with E-state index in [0.29, 0.717) is 31.5 Å². The van der Waals surface area contributed by atoms with Crippen LogP contribution >= 0.6 is 0 Å². The monoisotopic (exact) mass is 372 g/mol. The molecule has 0 bridgehead atoms. The molecule has 1 aliphatic rings. The number of nitrogens with zero attached hydrogens (tertiary/aromatic N) is 1. The Hall–Kier alpha value is -2.76. The molecule has 2 amide bonds. The summed E-state index contributed by atoms with van der Waals surface area (Å²) in [6.07, 6.45) is 1.61. The normalized spacial score (nSPS) is 14.8. The Morgan fingerprint density at radius 3 is 2.44 bits per heavy atom. The molecule has 1 fully saturated rings. The second-order valence-electron chi connectivity index (χ2n) is 6.74. The first kappa shape index (κ1) is 19.0. The number of halogens is 2. The van der Waals surface area contributed by atoms with Gasteiger partial charge in [0.15, 0.2) is 0 Å². The lowest BCUT2D eigenvalue weighted by atomic mass is 10.0. The van der Waals surface area contributed by atoms with E-state index in [1.165, 1.54) is 0 Å². The van der Waals surface area contributed by atoms with Gasteiger partial charge in [-0.05, 0) is 55.2 Å². The van der Waals surface area contributed by atoms with Gasteiger partial charge >= 0.3 is 0 Å². The van der Waals surface area contributed by atoms with Gasteiger partial charge in [-0.1, -0.05) is 18.2 Å². The van der Waals surface area contributed by atoms with E-state index in [9.17, 15) is 18.4 Å². The van der Waals surface area contributed by atoms with Crippen LogP contribution in [0.5, 0.6) is 0 Å². The molecule has 0 atom stereocenters. The molecule has 1 aliphatic heterocycles. The number of carbonyl (C=O) groups is 2. The molecule has 2 aromatic rings. The van der Waals surface area contributed by atoms with Crippen molar-refractivity contribution >= 4 is 11.8 Å². The zero-order valence-electron chi connectivity index (χ0n) is 15.0. The molecule has 1 N–H and O–H groups in total. The summed E-state index contributed by atoms with van der Waals surface area (Å²) < 4.78 is 26.8. The minimum atomic E-state index is -0.512. The molecule has 0 aromatic heterocycles. The van der Waals surface area contributed by atoms with Crippen LogP contribution in [0, 0.1) is 11.6 Å². The summed E-state index contributed by atoms with van der Waals surface area (Å²) >= 11 is 0. The molecule has 0 radical (unpaired) electrons. The van der Waals surface area contributed by atoms with Crippen LogP contribution in [0.2, 0.25) is 0 Å². The highest BCUT2D eigenvalue weighted by atomic mass is 19.1. The van der Waals surface area contributed by atoms with Crippen LogP contribution in [-0.2, 0) is 11.2 Å². The Morgan fingerprint density at radius 2 is 1.74 bits per heavy atom. The first-order valence-electron chi connectivity index (χ1n) is 9.10. The Kier molecular flexibility index (Phi) is 6.16. The van der Waals surface area contributed by atoms with Crippen LogP contribution in [0.15, 0.2) is 48.5 Å². The van der Waals surface area contributed by atoms with Gasteiger partial charge in [-0.3, -0.25) is 9.59 Å². The molecule has 0 unspecified atom stereocenters. The maximum absolute atomic E-state index is 13.6. The van der Waals surface area contributed by atoms with E-state index in [2.05, 4.69) is 5.32 Å². The zero-order valence-corrected chi connectivity index (χ0v) is 15.0. The number of piperidine rings is 1. The van der Waals surface area contributed by atoms with Gasteiger partial charge in [0.05, 0.1) is 0 Å². The van der Waals surface area contributed by atoms with Crippen molar-refractivity contribution in [3.8, 4) is 0 Å². The average Bonchev–Trinajstić information content (AvgIpc) is 2.69. The van der Waals surface area contributed by atoms with Crippen molar-refractivity contribution in [3.05, 3.63) is 71.3 Å². The van der Waals surface area contributed by atoms with E-state index >= 15 is 0 Å². The molecule has 2 aromatic carbocycles. The second-order valence-corrected chi connectivity index (χ2v) is 6.74. The van der Waals surface area contributed by atoms with Gasteiger partial charge < -0.3 is 10.2 Å². The minimum absolute atomic E-state index is 0.00181. The number of hydrogen-bond donors (Lipinski definition) is 1. The van der Waals surface area contributed by atoms with Crippen molar-refractivity contribution in [1.29, 1.82) is 0 Å². The van der Waals surface area contributed by atoms with Crippen molar-refractivity contribution < 1.29 is 18.4 Å². The number of likely N-dealkylation sites (tertiary alicyclic amines) is 1. The predicted molar refractivity (Wildman–Crippen MR) is 98.2 cm³/mol. The van der Waals surface area contributed by atoms with Gasteiger partial charge in [-0.15, -0.1) is 0 Å². The molecule has 1 heterocycles. The van der Waals surface area contributed by atoms with E-state index in [1.807, 2.05) is 18.2 Å². The standard InChI is InChI=1S/C21H22F2N2O2/c22-17-7-8-19(23)16(14-17)6-9-20(26)24-18-10-12-25(13-11-18)21(27)15-4-2-1-3-5-15/h1-5,7-8,14,18H,6,9-13H2,(H,24,26). The highest BCUT2D eigenvalue weighted by Gasteiger charge is 2.24. The lowest BCUT2D eigenvalue weighted by Crippen LogP contribution is -2.46. The first-order valence-corrected chi connectivity index (χ1v) is 9.10. The number of aryl methyl sites for hydroxylation is 1. The maximum atomic E-state index is 13.6. The molecule has 1 saturated heterocycles. The largest absolute Gasteiger partial charge is 0.353 e. The van der Waals surface area contributed by atoms with E-state index in [1.54, 1.807) is 17.0 Å². The summed E-state index contributed by atoms with van der Waals surface area (Å²) in [5, 5.41) is 2.93. The minimum Gasteiger partial charge on any atom is -0.353 e. The van der Waals surface area contributed by atoms with E-state index in [4.69, 9.17) is 0 Å². The molecule has 0 spiro atoms. The van der Waals surface area contributed by atoms with Crippen LogP contribution in [0.1, 0.15) is 35.2 Å². The zero-order chi connectivity index (χ0) is 19.2. The van der Waals surface area contributed by atoms with Crippen LogP contribution in [0.4, 0.5) is 8.78 Å². The average molecular weight is 372 g/mol. The Morgan fingerprint density at radius 1 is 1.04 bits per heavy atom. The van der Waals surface area contributed by atoms with Crippen molar-refractivity contribution in [3.63, 3.8) is 0 Å². The molecule has 6 heteroatoms. The van der Waals surface area contributed by atoms with Crippen molar-refractivity contribution in [2.24, 2.45) is 0 Å². The van der Waals surface area contributed by atoms with Crippen LogP contribution in [-0.4, -0.2) is 35.8 Å². The van der Waals surface area contributed by atoms with Crippen LogP contribution in [0.25, 0.3) is 0 Å². The van der Waals surface area contributed by atoms with E-state index < -0.39 is 11.6 Å². The topological polar surface area (TPSA) is 49.4 Å². The fourth-order valence-electron chi connectivity index (χ4n) is 3.27. The number of benzene rings is 2. The highest BCUT2D eigenvalue weighted by Crippen LogP contribution is 2.15. The van der Waals surface area contributed by atoms with Crippen LogP contribution in [0.3, 0.4) is 0 Å². The third-order valence-electron chi connectivity index (χ3n) is 4.80. The lowest BCUT2D eigenvalue weighted by molar-refractivity contribution is -0.122. The van der Waals surface area contributed by atoms with E-state index in [-0.39, 0.29) is 36.3 Å². The van der Waals surface area contributed by atoms with Gasteiger partial charge in [0.1, 0.15) is 11.6 Å². The summed E-state index contributed by atoms with van der Waals surface area (Å²) in [5.41, 5.74) is 0.866. The Bertz CT molecular complexity index is 803. The third kappa shape index (κ3) is 5.12. The summed E-state index contributed by atoms with van der Waals surface area (Å²) in [6.45, 7) is 1.16. The molecule has 0 saturated carbocycles. The lowest BCUT2D eigenvalue weighted by Gasteiger charge is -2.32. The Balaban J connectivity index is 1.44. The van der Waals surface area contributed by atoms with Gasteiger partial charge in [0, 0.05) is 31.1 Å². The number of amides is 2. The number of nitrogens with one attached hydrogen (secondary N) is 1. The van der Waals surface area contributed by atoms with Gasteiger partial charge in [0.2, 0.25) is 5.91 Å².